The summed E-state index contributed by atoms with van der Waals surface area (Å²) < 4.78 is 1.70. The van der Waals surface area contributed by atoms with Crippen LogP contribution in [0.2, 0.25) is 0 Å². The van der Waals surface area contributed by atoms with E-state index in [-0.39, 0.29) is 11.8 Å². The van der Waals surface area contributed by atoms with Crippen molar-refractivity contribution in [1.29, 1.82) is 0 Å². The molecule has 3 aromatic heterocycles. The van der Waals surface area contributed by atoms with E-state index in [1.165, 1.54) is 0 Å². The van der Waals surface area contributed by atoms with Crippen LogP contribution in [0.25, 0.3) is 28.4 Å². The van der Waals surface area contributed by atoms with Crippen molar-refractivity contribution in [3.63, 3.8) is 0 Å². The second-order valence-corrected chi connectivity index (χ2v) is 7.28. The third-order valence-corrected chi connectivity index (χ3v) is 5.31. The van der Waals surface area contributed by atoms with E-state index in [2.05, 4.69) is 20.5 Å². The van der Waals surface area contributed by atoms with Gasteiger partial charge < -0.3 is 5.32 Å². The van der Waals surface area contributed by atoms with E-state index < -0.39 is 0 Å². The molecule has 0 bridgehead atoms. The Kier molecular flexibility index (Phi) is 4.48. The molecular weight excluding hydrogens is 364 g/mol. The maximum Gasteiger partial charge on any atom is 0.227 e. The topological polar surface area (TPSA) is 85.1 Å². The van der Waals surface area contributed by atoms with Gasteiger partial charge in [-0.1, -0.05) is 31.0 Å². The number of pyridine rings is 1. The third-order valence-electron chi connectivity index (χ3n) is 5.31. The molecule has 1 aromatic carbocycles. The van der Waals surface area contributed by atoms with Gasteiger partial charge in [0.2, 0.25) is 11.7 Å². The molecule has 0 radical (unpaired) electrons. The van der Waals surface area contributed by atoms with E-state index in [9.17, 15) is 4.79 Å². The standard InChI is InChI=1S/C22H20N6O/c29-22(15-6-1-2-7-15)24-17-9-5-8-16(14-17)18-11-12-20-25-26-21(28(20)27-18)19-10-3-4-13-23-19/h3-5,8-15H,1-2,6-7H2,(H,24,29). The fraction of sp³-hybridized carbons (Fsp3) is 0.227. The zero-order valence-electron chi connectivity index (χ0n) is 15.8. The number of nitrogens with zero attached hydrogens (tertiary/aromatic N) is 5. The zero-order chi connectivity index (χ0) is 19.6. The molecule has 1 saturated carbocycles. The van der Waals surface area contributed by atoms with Gasteiger partial charge in [0, 0.05) is 23.4 Å². The van der Waals surface area contributed by atoms with E-state index in [1.807, 2.05) is 54.6 Å². The highest BCUT2D eigenvalue weighted by Gasteiger charge is 2.22. The van der Waals surface area contributed by atoms with Crippen LogP contribution in [0.5, 0.6) is 0 Å². The summed E-state index contributed by atoms with van der Waals surface area (Å²) in [6.07, 6.45) is 5.96. The Labute approximate surface area is 167 Å². The highest BCUT2D eigenvalue weighted by Crippen LogP contribution is 2.27. The van der Waals surface area contributed by atoms with Crippen molar-refractivity contribution in [2.24, 2.45) is 5.92 Å². The molecule has 1 aliphatic carbocycles. The molecule has 144 valence electrons. The van der Waals surface area contributed by atoms with E-state index in [0.29, 0.717) is 17.2 Å². The number of anilines is 1. The molecule has 5 rings (SSSR count). The molecule has 1 aliphatic rings. The molecule has 0 atom stereocenters. The quantitative estimate of drug-likeness (QED) is 0.575. The number of hydrogen-bond acceptors (Lipinski definition) is 5. The van der Waals surface area contributed by atoms with Crippen molar-refractivity contribution in [2.75, 3.05) is 5.32 Å². The van der Waals surface area contributed by atoms with Crippen LogP contribution in [0.1, 0.15) is 25.7 Å². The lowest BCUT2D eigenvalue weighted by Crippen LogP contribution is -2.20. The molecular formula is C22H20N6O. The van der Waals surface area contributed by atoms with Crippen LogP contribution in [0, 0.1) is 5.92 Å². The first-order valence-corrected chi connectivity index (χ1v) is 9.83. The number of aromatic nitrogens is 5. The van der Waals surface area contributed by atoms with Crippen LogP contribution in [-0.4, -0.2) is 30.7 Å². The molecule has 4 aromatic rings. The summed E-state index contributed by atoms with van der Waals surface area (Å²) in [5.41, 5.74) is 3.83. The van der Waals surface area contributed by atoms with Crippen molar-refractivity contribution < 1.29 is 4.79 Å². The predicted molar refractivity (Wildman–Crippen MR) is 110 cm³/mol. The molecule has 1 amide bonds. The first-order chi connectivity index (χ1) is 14.3. The second kappa shape index (κ2) is 7.43. The van der Waals surface area contributed by atoms with Gasteiger partial charge >= 0.3 is 0 Å². The third kappa shape index (κ3) is 3.47. The van der Waals surface area contributed by atoms with E-state index in [4.69, 9.17) is 5.10 Å². The summed E-state index contributed by atoms with van der Waals surface area (Å²) in [6.45, 7) is 0. The van der Waals surface area contributed by atoms with Gasteiger partial charge in [-0.2, -0.15) is 9.61 Å². The lowest BCUT2D eigenvalue weighted by Gasteiger charge is -2.11. The summed E-state index contributed by atoms with van der Waals surface area (Å²) in [5.74, 6) is 0.832. The lowest BCUT2D eigenvalue weighted by molar-refractivity contribution is -0.119. The highest BCUT2D eigenvalue weighted by atomic mass is 16.1. The van der Waals surface area contributed by atoms with Gasteiger partial charge in [-0.05, 0) is 49.2 Å². The Morgan fingerprint density at radius 2 is 1.86 bits per heavy atom. The number of carbonyl (C=O) groups excluding carboxylic acids is 1. The largest absolute Gasteiger partial charge is 0.326 e. The van der Waals surface area contributed by atoms with Gasteiger partial charge in [-0.15, -0.1) is 10.2 Å². The SMILES string of the molecule is O=C(Nc1cccc(-c2ccc3nnc(-c4ccccn4)n3n2)c1)C1CCCC1. The Bertz CT molecular complexity index is 1160. The Balaban J connectivity index is 1.47. The monoisotopic (exact) mass is 384 g/mol. The van der Waals surface area contributed by atoms with Crippen molar-refractivity contribution in [2.45, 2.75) is 25.7 Å². The highest BCUT2D eigenvalue weighted by molar-refractivity contribution is 5.93. The minimum atomic E-state index is 0.110. The molecule has 7 heteroatoms. The lowest BCUT2D eigenvalue weighted by atomic mass is 10.1. The summed E-state index contributed by atoms with van der Waals surface area (Å²) in [4.78, 5) is 16.8. The number of fused-ring (bicyclic) bond motifs is 1. The minimum Gasteiger partial charge on any atom is -0.326 e. The summed E-state index contributed by atoms with van der Waals surface area (Å²) in [5, 5.41) is 16.2. The van der Waals surface area contributed by atoms with E-state index in [1.54, 1.807) is 10.7 Å². The number of rotatable bonds is 4. The molecule has 7 nitrogen and oxygen atoms in total. The average molecular weight is 384 g/mol. The molecule has 3 heterocycles. The van der Waals surface area contributed by atoms with Crippen molar-refractivity contribution in [3.8, 4) is 22.8 Å². The van der Waals surface area contributed by atoms with Crippen LogP contribution in [0.3, 0.4) is 0 Å². The number of amides is 1. The normalized spacial score (nSPS) is 14.3. The maximum absolute atomic E-state index is 12.4. The van der Waals surface area contributed by atoms with E-state index >= 15 is 0 Å². The van der Waals surface area contributed by atoms with Gasteiger partial charge in [0.1, 0.15) is 5.69 Å². The first kappa shape index (κ1) is 17.5. The molecule has 0 saturated heterocycles. The minimum absolute atomic E-state index is 0.110. The van der Waals surface area contributed by atoms with Gasteiger partial charge in [-0.3, -0.25) is 9.78 Å². The second-order valence-electron chi connectivity index (χ2n) is 7.28. The van der Waals surface area contributed by atoms with Crippen molar-refractivity contribution >= 4 is 17.2 Å². The maximum atomic E-state index is 12.4. The average Bonchev–Trinajstić information content (AvgIpc) is 3.44. The molecule has 29 heavy (non-hydrogen) atoms. The van der Waals surface area contributed by atoms with Crippen LogP contribution in [0.4, 0.5) is 5.69 Å². The first-order valence-electron chi connectivity index (χ1n) is 9.83. The summed E-state index contributed by atoms with van der Waals surface area (Å²) in [7, 11) is 0. The van der Waals surface area contributed by atoms with Crippen molar-refractivity contribution in [3.05, 3.63) is 60.8 Å². The molecule has 1 fully saturated rings. The Morgan fingerprint density at radius 3 is 2.69 bits per heavy atom. The number of benzene rings is 1. The van der Waals surface area contributed by atoms with E-state index in [0.717, 1.165) is 42.6 Å². The summed E-state index contributed by atoms with van der Waals surface area (Å²) >= 11 is 0. The van der Waals surface area contributed by atoms with Crippen LogP contribution in [-0.2, 0) is 4.79 Å². The molecule has 0 spiro atoms. The van der Waals surface area contributed by atoms with Crippen molar-refractivity contribution in [1.82, 2.24) is 24.8 Å². The Hall–Kier alpha value is -3.61. The smallest absolute Gasteiger partial charge is 0.227 e. The summed E-state index contributed by atoms with van der Waals surface area (Å²) in [6, 6.07) is 17.2. The van der Waals surface area contributed by atoms with Crippen LogP contribution in [0.15, 0.2) is 60.8 Å². The van der Waals surface area contributed by atoms with Gasteiger partial charge in [0.25, 0.3) is 0 Å². The van der Waals surface area contributed by atoms with Crippen LogP contribution >= 0.6 is 0 Å². The number of hydrogen-bond donors (Lipinski definition) is 1. The fourth-order valence-corrected chi connectivity index (χ4v) is 3.79. The number of nitrogens with one attached hydrogen (secondary N) is 1. The fourth-order valence-electron chi connectivity index (χ4n) is 3.79. The zero-order valence-corrected chi connectivity index (χ0v) is 15.8. The van der Waals surface area contributed by atoms with Crippen LogP contribution < -0.4 is 5.32 Å². The van der Waals surface area contributed by atoms with Gasteiger partial charge in [0.05, 0.1) is 5.69 Å². The molecule has 1 N–H and O–H groups in total. The van der Waals surface area contributed by atoms with Gasteiger partial charge in [-0.25, -0.2) is 0 Å². The molecule has 0 aliphatic heterocycles. The molecule has 0 unspecified atom stereocenters. The Morgan fingerprint density at radius 1 is 0.966 bits per heavy atom. The van der Waals surface area contributed by atoms with Gasteiger partial charge in [0.15, 0.2) is 5.65 Å². The predicted octanol–water partition coefficient (Wildman–Crippen LogP) is 3.98. The number of carbonyl (C=O) groups is 1.